The topological polar surface area (TPSA) is 73.8 Å². The van der Waals surface area contributed by atoms with Crippen molar-refractivity contribution in [1.82, 2.24) is 5.32 Å². The first-order chi connectivity index (χ1) is 12.0. The fourth-order valence-electron chi connectivity index (χ4n) is 2.94. The minimum Gasteiger partial charge on any atom is -0.352 e. The Kier molecular flexibility index (Phi) is 6.87. The van der Waals surface area contributed by atoms with Crippen LogP contribution in [0, 0.1) is 0 Å². The SMILES string of the molecule is CN=C(NCc1ccc(NS(C)(=O)=O)cc1)N1CCc2ccccc21.I. The molecule has 2 N–H and O–H groups in total. The number of hydrogen-bond donors (Lipinski definition) is 2. The molecule has 1 aliphatic rings. The van der Waals surface area contributed by atoms with Gasteiger partial charge < -0.3 is 10.2 Å². The Morgan fingerprint density at radius 1 is 1.15 bits per heavy atom. The van der Waals surface area contributed by atoms with Gasteiger partial charge in [-0.05, 0) is 35.7 Å². The smallest absolute Gasteiger partial charge is 0.229 e. The molecule has 8 heteroatoms. The van der Waals surface area contributed by atoms with Crippen LogP contribution in [0.25, 0.3) is 0 Å². The summed E-state index contributed by atoms with van der Waals surface area (Å²) >= 11 is 0. The molecular formula is C18H23IN4O2S. The van der Waals surface area contributed by atoms with Crippen LogP contribution in [0.5, 0.6) is 0 Å². The molecule has 0 saturated carbocycles. The van der Waals surface area contributed by atoms with Gasteiger partial charge in [0.1, 0.15) is 0 Å². The van der Waals surface area contributed by atoms with Crippen molar-refractivity contribution in [3.63, 3.8) is 0 Å². The van der Waals surface area contributed by atoms with Crippen LogP contribution in [0.1, 0.15) is 11.1 Å². The fraction of sp³-hybridized carbons (Fsp3) is 0.278. The third-order valence-electron chi connectivity index (χ3n) is 4.06. The number of nitrogens with zero attached hydrogens (tertiary/aromatic N) is 2. The van der Waals surface area contributed by atoms with Crippen molar-refractivity contribution in [2.45, 2.75) is 13.0 Å². The average molecular weight is 486 g/mol. The maximum atomic E-state index is 11.2. The number of halogens is 1. The van der Waals surface area contributed by atoms with Crippen LogP contribution in [0.15, 0.2) is 53.5 Å². The zero-order valence-corrected chi connectivity index (χ0v) is 17.9. The molecule has 0 radical (unpaired) electrons. The van der Waals surface area contributed by atoms with Gasteiger partial charge in [-0.3, -0.25) is 9.71 Å². The molecule has 140 valence electrons. The van der Waals surface area contributed by atoms with Gasteiger partial charge in [0, 0.05) is 31.5 Å². The van der Waals surface area contributed by atoms with Crippen LogP contribution in [-0.2, 0) is 23.0 Å². The number of guanidine groups is 1. The molecule has 0 bridgehead atoms. The lowest BCUT2D eigenvalue weighted by Crippen LogP contribution is -2.40. The van der Waals surface area contributed by atoms with Crippen molar-refractivity contribution < 1.29 is 8.42 Å². The Balaban J connectivity index is 0.00000243. The predicted molar refractivity (Wildman–Crippen MR) is 118 cm³/mol. The van der Waals surface area contributed by atoms with Crippen LogP contribution in [0.3, 0.4) is 0 Å². The van der Waals surface area contributed by atoms with E-state index in [1.807, 2.05) is 18.2 Å². The molecule has 0 aromatic heterocycles. The van der Waals surface area contributed by atoms with E-state index in [1.165, 1.54) is 11.3 Å². The first-order valence-electron chi connectivity index (χ1n) is 8.09. The summed E-state index contributed by atoms with van der Waals surface area (Å²) in [4.78, 5) is 6.58. The highest BCUT2D eigenvalue weighted by Crippen LogP contribution is 2.27. The fourth-order valence-corrected chi connectivity index (χ4v) is 3.50. The highest BCUT2D eigenvalue weighted by molar-refractivity contribution is 14.0. The van der Waals surface area contributed by atoms with Gasteiger partial charge in [0.25, 0.3) is 0 Å². The van der Waals surface area contributed by atoms with E-state index in [9.17, 15) is 8.42 Å². The summed E-state index contributed by atoms with van der Waals surface area (Å²) in [7, 11) is -1.47. The van der Waals surface area contributed by atoms with E-state index in [2.05, 4.69) is 38.1 Å². The third kappa shape index (κ3) is 5.10. The number of rotatable bonds is 4. The molecule has 0 spiro atoms. The summed E-state index contributed by atoms with van der Waals surface area (Å²) in [6, 6.07) is 15.7. The molecule has 2 aromatic rings. The van der Waals surface area contributed by atoms with Crippen LogP contribution in [-0.4, -0.2) is 34.2 Å². The Hall–Kier alpha value is -1.81. The standard InChI is InChI=1S/C18H22N4O2S.HI/c1-19-18(22-12-11-15-5-3-4-6-17(15)22)20-13-14-7-9-16(10-8-14)21-25(2,23)24;/h3-10,21H,11-13H2,1-2H3,(H,19,20);1H. The first kappa shape index (κ1) is 20.5. The second-order valence-electron chi connectivity index (χ2n) is 6.00. The molecule has 0 aliphatic carbocycles. The number of fused-ring (bicyclic) bond motifs is 1. The molecule has 0 saturated heterocycles. The zero-order valence-electron chi connectivity index (χ0n) is 14.8. The Labute approximate surface area is 171 Å². The number of para-hydroxylation sites is 1. The third-order valence-corrected chi connectivity index (χ3v) is 4.67. The maximum absolute atomic E-state index is 11.2. The van der Waals surface area contributed by atoms with Crippen LogP contribution in [0.4, 0.5) is 11.4 Å². The highest BCUT2D eigenvalue weighted by atomic mass is 127. The monoisotopic (exact) mass is 486 g/mol. The Morgan fingerprint density at radius 3 is 2.50 bits per heavy atom. The van der Waals surface area contributed by atoms with E-state index in [0.717, 1.165) is 30.7 Å². The van der Waals surface area contributed by atoms with Crippen LogP contribution < -0.4 is 14.9 Å². The van der Waals surface area contributed by atoms with Gasteiger partial charge >= 0.3 is 0 Å². The molecule has 1 heterocycles. The molecule has 0 atom stereocenters. The number of aliphatic imine (C=N–C) groups is 1. The van der Waals surface area contributed by atoms with E-state index in [4.69, 9.17) is 0 Å². The Morgan fingerprint density at radius 2 is 1.85 bits per heavy atom. The van der Waals surface area contributed by atoms with Gasteiger partial charge in [-0.15, -0.1) is 24.0 Å². The molecule has 3 rings (SSSR count). The lowest BCUT2D eigenvalue weighted by atomic mass is 10.2. The summed E-state index contributed by atoms with van der Waals surface area (Å²) < 4.78 is 24.9. The van der Waals surface area contributed by atoms with Gasteiger partial charge in [0.05, 0.1) is 6.26 Å². The van der Waals surface area contributed by atoms with Crippen molar-refractivity contribution in [2.75, 3.05) is 29.5 Å². The second kappa shape index (κ2) is 8.72. The van der Waals surface area contributed by atoms with Crippen molar-refractivity contribution >= 4 is 51.3 Å². The number of benzene rings is 2. The molecule has 2 aromatic carbocycles. The summed E-state index contributed by atoms with van der Waals surface area (Å²) in [5.41, 5.74) is 4.14. The van der Waals surface area contributed by atoms with E-state index in [1.54, 1.807) is 19.2 Å². The minimum atomic E-state index is -3.25. The predicted octanol–water partition coefficient (Wildman–Crippen LogP) is 2.81. The zero-order chi connectivity index (χ0) is 17.9. The molecule has 0 unspecified atom stereocenters. The van der Waals surface area contributed by atoms with Gasteiger partial charge in [0.2, 0.25) is 10.0 Å². The normalized spacial score (nSPS) is 13.8. The number of nitrogens with one attached hydrogen (secondary N) is 2. The summed E-state index contributed by atoms with van der Waals surface area (Å²) in [5.74, 6) is 0.836. The molecule has 0 fully saturated rings. The number of hydrogen-bond acceptors (Lipinski definition) is 3. The van der Waals surface area contributed by atoms with E-state index in [0.29, 0.717) is 12.2 Å². The average Bonchev–Trinajstić information content (AvgIpc) is 3.00. The highest BCUT2D eigenvalue weighted by Gasteiger charge is 2.22. The van der Waals surface area contributed by atoms with Crippen molar-refractivity contribution in [1.29, 1.82) is 0 Å². The first-order valence-corrected chi connectivity index (χ1v) is 9.98. The van der Waals surface area contributed by atoms with Gasteiger partial charge in [-0.1, -0.05) is 30.3 Å². The summed E-state index contributed by atoms with van der Waals surface area (Å²) in [6.07, 6.45) is 2.16. The van der Waals surface area contributed by atoms with E-state index in [-0.39, 0.29) is 24.0 Å². The number of anilines is 2. The van der Waals surface area contributed by atoms with Crippen molar-refractivity contribution in [3.05, 3.63) is 59.7 Å². The second-order valence-corrected chi connectivity index (χ2v) is 7.75. The summed E-state index contributed by atoms with van der Waals surface area (Å²) in [6.45, 7) is 1.53. The molecular weight excluding hydrogens is 463 g/mol. The van der Waals surface area contributed by atoms with Crippen LogP contribution >= 0.6 is 24.0 Å². The molecule has 0 amide bonds. The molecule has 26 heavy (non-hydrogen) atoms. The van der Waals surface area contributed by atoms with Crippen molar-refractivity contribution in [2.24, 2.45) is 4.99 Å². The van der Waals surface area contributed by atoms with Crippen molar-refractivity contribution in [3.8, 4) is 0 Å². The largest absolute Gasteiger partial charge is 0.352 e. The van der Waals surface area contributed by atoms with Gasteiger partial charge in [0.15, 0.2) is 5.96 Å². The van der Waals surface area contributed by atoms with E-state index >= 15 is 0 Å². The molecule has 1 aliphatic heterocycles. The van der Waals surface area contributed by atoms with E-state index < -0.39 is 10.0 Å². The maximum Gasteiger partial charge on any atom is 0.229 e. The lowest BCUT2D eigenvalue weighted by Gasteiger charge is -2.22. The quantitative estimate of drug-likeness (QED) is 0.396. The number of sulfonamides is 1. The van der Waals surface area contributed by atoms with Gasteiger partial charge in [-0.2, -0.15) is 0 Å². The lowest BCUT2D eigenvalue weighted by molar-refractivity contribution is 0.607. The molecule has 6 nitrogen and oxygen atoms in total. The Bertz CT molecular complexity index is 882. The minimum absolute atomic E-state index is 0. The summed E-state index contributed by atoms with van der Waals surface area (Å²) in [5, 5.41) is 3.37. The van der Waals surface area contributed by atoms with Crippen LogP contribution in [0.2, 0.25) is 0 Å². The van der Waals surface area contributed by atoms with Gasteiger partial charge in [-0.25, -0.2) is 8.42 Å².